The van der Waals surface area contributed by atoms with Crippen LogP contribution in [0.2, 0.25) is 0 Å². The maximum absolute atomic E-state index is 4.95. The first-order valence-corrected chi connectivity index (χ1v) is 10.7. The monoisotopic (exact) mass is 365 g/mol. The Morgan fingerprint density at radius 1 is 1.04 bits per heavy atom. The molecule has 0 unspecified atom stereocenters. The van der Waals surface area contributed by atoms with Crippen molar-refractivity contribution in [3.8, 4) is 0 Å². The maximum atomic E-state index is 4.95. The zero-order valence-electron chi connectivity index (χ0n) is 15.5. The van der Waals surface area contributed by atoms with Gasteiger partial charge in [0.2, 0.25) is 0 Å². The molecule has 4 heteroatoms. The highest BCUT2D eigenvalue weighted by Crippen LogP contribution is 2.31. The predicted octanol–water partition coefficient (Wildman–Crippen LogP) is 5.98. The van der Waals surface area contributed by atoms with Gasteiger partial charge in [0.1, 0.15) is 16.5 Å². The fourth-order valence-corrected chi connectivity index (χ4v) is 4.76. The van der Waals surface area contributed by atoms with Crippen LogP contribution >= 0.6 is 11.3 Å². The van der Waals surface area contributed by atoms with E-state index >= 15 is 0 Å². The van der Waals surface area contributed by atoms with Crippen LogP contribution in [0.4, 0.5) is 5.82 Å². The minimum absolute atomic E-state index is 0.546. The molecule has 1 fully saturated rings. The summed E-state index contributed by atoms with van der Waals surface area (Å²) in [6.07, 6.45) is 9.74. The van der Waals surface area contributed by atoms with Gasteiger partial charge < -0.3 is 5.32 Å². The molecule has 4 rings (SSSR count). The molecule has 26 heavy (non-hydrogen) atoms. The Hall–Kier alpha value is -1.94. The number of aromatic nitrogens is 2. The molecular formula is C22H27N3S. The summed E-state index contributed by atoms with van der Waals surface area (Å²) in [7, 11) is 0. The summed E-state index contributed by atoms with van der Waals surface area (Å²) in [6.45, 7) is 2.21. The minimum atomic E-state index is 0.546. The Morgan fingerprint density at radius 3 is 2.54 bits per heavy atom. The summed E-state index contributed by atoms with van der Waals surface area (Å²) in [5.41, 5.74) is 1.26. The van der Waals surface area contributed by atoms with Crippen molar-refractivity contribution >= 4 is 27.4 Å². The number of thiophene rings is 1. The minimum Gasteiger partial charge on any atom is -0.367 e. The van der Waals surface area contributed by atoms with Gasteiger partial charge in [0.15, 0.2) is 0 Å². The number of benzene rings is 1. The van der Waals surface area contributed by atoms with Gasteiger partial charge in [-0.25, -0.2) is 9.97 Å². The molecule has 1 aromatic carbocycles. The molecule has 0 radical (unpaired) electrons. The second-order valence-corrected chi connectivity index (χ2v) is 8.38. The Kier molecular flexibility index (Phi) is 5.49. The molecule has 3 nitrogen and oxygen atoms in total. The maximum Gasteiger partial charge on any atom is 0.138 e. The van der Waals surface area contributed by atoms with E-state index in [-0.39, 0.29) is 0 Å². The van der Waals surface area contributed by atoms with Gasteiger partial charge in [-0.1, -0.05) is 62.9 Å². The number of nitrogens with zero attached hydrogens (tertiary/aromatic N) is 2. The molecule has 0 atom stereocenters. The Bertz CT molecular complexity index is 848. The Labute approximate surface area is 159 Å². The standard InChI is InChI=1S/C22H27N3S/c1-2-18-15-19-21(23-17-12-8-3-4-9-13-17)24-20(25-22(19)26-18)14-16-10-6-5-7-11-16/h5-7,10-11,15,17H,2-4,8-9,12-14H2,1H3,(H,23,24,25). The SMILES string of the molecule is CCc1cc2c(NC3CCCCCC3)nc(Cc3ccccc3)nc2s1. The molecule has 1 aliphatic rings. The Morgan fingerprint density at radius 2 is 1.81 bits per heavy atom. The molecule has 2 heterocycles. The Balaban J connectivity index is 1.67. The lowest BCUT2D eigenvalue weighted by Gasteiger charge is -2.18. The number of rotatable bonds is 5. The van der Waals surface area contributed by atoms with Crippen molar-refractivity contribution in [1.29, 1.82) is 0 Å². The summed E-state index contributed by atoms with van der Waals surface area (Å²) in [4.78, 5) is 12.3. The summed E-state index contributed by atoms with van der Waals surface area (Å²) < 4.78 is 0. The quantitative estimate of drug-likeness (QED) is 0.565. The molecule has 1 saturated carbocycles. The average molecular weight is 366 g/mol. The van der Waals surface area contributed by atoms with Crippen LogP contribution in [0.5, 0.6) is 0 Å². The smallest absolute Gasteiger partial charge is 0.138 e. The van der Waals surface area contributed by atoms with Crippen molar-refractivity contribution < 1.29 is 0 Å². The third kappa shape index (κ3) is 4.07. The van der Waals surface area contributed by atoms with Crippen molar-refractivity contribution in [2.75, 3.05) is 5.32 Å². The highest BCUT2D eigenvalue weighted by molar-refractivity contribution is 7.18. The second-order valence-electron chi connectivity index (χ2n) is 7.27. The topological polar surface area (TPSA) is 37.8 Å². The molecule has 0 amide bonds. The predicted molar refractivity (Wildman–Crippen MR) is 111 cm³/mol. The van der Waals surface area contributed by atoms with Crippen molar-refractivity contribution in [3.63, 3.8) is 0 Å². The van der Waals surface area contributed by atoms with E-state index in [4.69, 9.17) is 9.97 Å². The lowest BCUT2D eigenvalue weighted by atomic mass is 10.1. The van der Waals surface area contributed by atoms with Crippen LogP contribution in [0.1, 0.15) is 61.7 Å². The van der Waals surface area contributed by atoms with E-state index in [1.165, 1.54) is 54.4 Å². The normalized spacial score (nSPS) is 15.9. The van der Waals surface area contributed by atoms with Crippen LogP contribution in [0, 0.1) is 0 Å². The lowest BCUT2D eigenvalue weighted by molar-refractivity contribution is 0.618. The van der Waals surface area contributed by atoms with E-state index in [9.17, 15) is 0 Å². The van der Waals surface area contributed by atoms with Crippen molar-refractivity contribution in [3.05, 3.63) is 52.7 Å². The van der Waals surface area contributed by atoms with Gasteiger partial charge in [-0.2, -0.15) is 0 Å². The first-order valence-electron chi connectivity index (χ1n) is 9.91. The molecule has 0 saturated heterocycles. The zero-order chi connectivity index (χ0) is 17.8. The number of hydrogen-bond donors (Lipinski definition) is 1. The largest absolute Gasteiger partial charge is 0.367 e. The molecule has 0 bridgehead atoms. The van der Waals surface area contributed by atoms with Gasteiger partial charge >= 0.3 is 0 Å². The first kappa shape index (κ1) is 17.5. The highest BCUT2D eigenvalue weighted by Gasteiger charge is 2.17. The number of fused-ring (bicyclic) bond motifs is 1. The first-order chi connectivity index (χ1) is 12.8. The van der Waals surface area contributed by atoms with Gasteiger partial charge in [0.25, 0.3) is 0 Å². The second kappa shape index (κ2) is 8.17. The van der Waals surface area contributed by atoms with E-state index in [0.717, 1.165) is 29.3 Å². The van der Waals surface area contributed by atoms with Crippen LogP contribution in [0.25, 0.3) is 10.2 Å². The summed E-state index contributed by atoms with van der Waals surface area (Å²) >= 11 is 1.81. The fourth-order valence-electron chi connectivity index (χ4n) is 3.77. The average Bonchev–Trinajstić information content (AvgIpc) is 2.91. The number of aryl methyl sites for hydroxylation is 1. The lowest BCUT2D eigenvalue weighted by Crippen LogP contribution is -2.19. The van der Waals surface area contributed by atoms with Gasteiger partial charge in [-0.05, 0) is 30.9 Å². The summed E-state index contributed by atoms with van der Waals surface area (Å²) in [5, 5.41) is 4.98. The van der Waals surface area contributed by atoms with Crippen molar-refractivity contribution in [2.24, 2.45) is 0 Å². The van der Waals surface area contributed by atoms with Crippen LogP contribution in [-0.4, -0.2) is 16.0 Å². The van der Waals surface area contributed by atoms with Crippen LogP contribution in [-0.2, 0) is 12.8 Å². The van der Waals surface area contributed by atoms with Gasteiger partial charge in [0.05, 0.1) is 5.39 Å². The summed E-state index contributed by atoms with van der Waals surface area (Å²) in [6, 6.07) is 13.4. The third-order valence-corrected chi connectivity index (χ3v) is 6.41. The van der Waals surface area contributed by atoms with E-state index in [0.29, 0.717) is 6.04 Å². The fraction of sp³-hybridized carbons (Fsp3) is 0.455. The molecular weight excluding hydrogens is 338 g/mol. The van der Waals surface area contributed by atoms with Gasteiger partial charge in [-0.15, -0.1) is 11.3 Å². The van der Waals surface area contributed by atoms with Crippen molar-refractivity contribution in [2.45, 2.75) is 64.3 Å². The molecule has 3 aromatic rings. The van der Waals surface area contributed by atoms with Gasteiger partial charge in [-0.3, -0.25) is 0 Å². The molecule has 1 N–H and O–H groups in total. The molecule has 1 aliphatic carbocycles. The van der Waals surface area contributed by atoms with E-state index in [1.807, 2.05) is 11.3 Å². The van der Waals surface area contributed by atoms with E-state index in [2.05, 4.69) is 48.6 Å². The molecule has 0 aliphatic heterocycles. The van der Waals surface area contributed by atoms with E-state index < -0.39 is 0 Å². The highest BCUT2D eigenvalue weighted by atomic mass is 32.1. The van der Waals surface area contributed by atoms with Crippen molar-refractivity contribution in [1.82, 2.24) is 9.97 Å². The van der Waals surface area contributed by atoms with Crippen LogP contribution in [0.15, 0.2) is 36.4 Å². The van der Waals surface area contributed by atoms with Gasteiger partial charge in [0, 0.05) is 17.3 Å². The zero-order valence-corrected chi connectivity index (χ0v) is 16.3. The third-order valence-electron chi connectivity index (χ3n) is 5.24. The van der Waals surface area contributed by atoms with E-state index in [1.54, 1.807) is 0 Å². The molecule has 0 spiro atoms. The number of hydrogen-bond acceptors (Lipinski definition) is 4. The molecule has 136 valence electrons. The number of anilines is 1. The van der Waals surface area contributed by atoms with Crippen LogP contribution < -0.4 is 5.32 Å². The number of nitrogens with one attached hydrogen (secondary N) is 1. The molecule has 2 aromatic heterocycles. The summed E-state index contributed by atoms with van der Waals surface area (Å²) in [5.74, 6) is 1.97. The van der Waals surface area contributed by atoms with Crippen LogP contribution in [0.3, 0.4) is 0 Å².